The Balaban J connectivity index is 2.15. The van der Waals surface area contributed by atoms with Gasteiger partial charge in [-0.15, -0.1) is 0 Å². The zero-order chi connectivity index (χ0) is 14.3. The van der Waals surface area contributed by atoms with Gasteiger partial charge in [-0.05, 0) is 42.8 Å². The van der Waals surface area contributed by atoms with Gasteiger partial charge in [0.1, 0.15) is 6.33 Å². The van der Waals surface area contributed by atoms with Crippen molar-refractivity contribution < 1.29 is 6.48 Å². The van der Waals surface area contributed by atoms with Gasteiger partial charge in [0.2, 0.25) is 0 Å². The van der Waals surface area contributed by atoms with Crippen molar-refractivity contribution in [3.8, 4) is 5.69 Å². The largest absolute Gasteiger partial charge is 0.389 e. The number of imidazole rings is 1. The minimum absolute atomic E-state index is 0.532. The van der Waals surface area contributed by atoms with Crippen LogP contribution in [0.1, 0.15) is 19.9 Å². The second-order valence-electron chi connectivity index (χ2n) is 4.38. The van der Waals surface area contributed by atoms with E-state index in [0.717, 1.165) is 21.2 Å². The van der Waals surface area contributed by atoms with E-state index in [1.165, 1.54) is 6.92 Å². The molecule has 0 aliphatic heterocycles. The maximum atomic E-state index is 9.73. The highest BCUT2D eigenvalue weighted by Gasteiger charge is 2.07. The summed E-state index contributed by atoms with van der Waals surface area (Å²) in [5.41, 5.74) is 3.24. The Hall–Kier alpha value is -1.65. The summed E-state index contributed by atoms with van der Waals surface area (Å²) in [7, 11) is 0. The minimum Gasteiger partial charge on any atom is -0.389 e. The minimum atomic E-state index is -1.60. The summed E-state index contributed by atoms with van der Waals surface area (Å²) in [6.45, 7) is 1.44. The maximum absolute atomic E-state index is 9.73. The number of hydrogen-bond donors (Lipinski definition) is 1. The Morgan fingerprint density at radius 2 is 2.16 bits per heavy atom. The Bertz CT molecular complexity index is 777. The molecule has 0 unspecified atom stereocenters. The van der Waals surface area contributed by atoms with Crippen LogP contribution in [0.15, 0.2) is 53.3 Å². The normalized spacial score (nSPS) is 15.2. The third-order valence-electron chi connectivity index (χ3n) is 3.05. The number of fused-ring (bicyclic) bond motifs is 1. The van der Waals surface area contributed by atoms with Gasteiger partial charge in [0.15, 0.2) is 0 Å². The topological polar surface area (TPSA) is 38.1 Å². The van der Waals surface area contributed by atoms with Gasteiger partial charge in [-0.2, -0.15) is 0 Å². The van der Waals surface area contributed by atoms with Crippen molar-refractivity contribution in [2.75, 3.05) is 0 Å². The van der Waals surface area contributed by atoms with Gasteiger partial charge in [0, 0.05) is 10.2 Å². The molecule has 1 heterocycles. The molecule has 1 N–H and O–H groups in total. The highest BCUT2D eigenvalue weighted by Crippen LogP contribution is 2.23. The molecule has 0 saturated carbocycles. The molecular weight excluding hydrogens is 304 g/mol. The first-order valence-electron chi connectivity index (χ1n) is 6.41. The average Bonchev–Trinajstić information content (AvgIpc) is 2.80. The van der Waals surface area contributed by atoms with Gasteiger partial charge in [-0.1, -0.05) is 28.1 Å². The van der Waals surface area contributed by atoms with E-state index >= 15 is 0 Å². The summed E-state index contributed by atoms with van der Waals surface area (Å²) in [4.78, 5) is 4.35. The number of aromatic nitrogens is 2. The first-order chi connectivity index (χ1) is 9.45. The van der Waals surface area contributed by atoms with Crippen LogP contribution < -0.4 is 0 Å². The molecule has 4 heteroatoms. The van der Waals surface area contributed by atoms with Crippen LogP contribution in [-0.4, -0.2) is 14.7 Å². The van der Waals surface area contributed by atoms with Crippen molar-refractivity contribution in [3.05, 3.63) is 58.8 Å². The molecule has 2 aromatic carbocycles. The third kappa shape index (κ3) is 2.29. The summed E-state index contributed by atoms with van der Waals surface area (Å²) in [5, 5.41) is 9.73. The van der Waals surface area contributed by atoms with Crippen molar-refractivity contribution in [2.45, 2.75) is 13.0 Å². The molecule has 0 amide bonds. The van der Waals surface area contributed by atoms with Crippen LogP contribution in [0.5, 0.6) is 0 Å². The molecule has 3 nitrogen and oxygen atoms in total. The van der Waals surface area contributed by atoms with Crippen molar-refractivity contribution >= 4 is 27.0 Å². The average molecular weight is 318 g/mol. The molecular formula is C15H13BrN2O. The van der Waals surface area contributed by atoms with Crippen LogP contribution in [0, 0.1) is 0 Å². The number of rotatable bonds is 2. The third-order valence-corrected chi connectivity index (χ3v) is 3.54. The fraction of sp³-hybridized carbons (Fsp3) is 0.133. The second kappa shape index (κ2) is 4.79. The molecule has 0 radical (unpaired) electrons. The van der Waals surface area contributed by atoms with Gasteiger partial charge in [0.25, 0.3) is 0 Å². The molecule has 1 aromatic heterocycles. The predicted molar refractivity (Wildman–Crippen MR) is 79.4 cm³/mol. The number of aliphatic hydroxyl groups is 1. The lowest BCUT2D eigenvalue weighted by Crippen LogP contribution is -1.93. The van der Waals surface area contributed by atoms with Gasteiger partial charge in [-0.25, -0.2) is 4.98 Å². The zero-order valence-electron chi connectivity index (χ0n) is 11.3. The first kappa shape index (κ1) is 11.2. The van der Waals surface area contributed by atoms with Crippen LogP contribution in [0.2, 0.25) is 0 Å². The van der Waals surface area contributed by atoms with Gasteiger partial charge < -0.3 is 5.11 Å². The molecule has 0 saturated heterocycles. The molecule has 0 bridgehead atoms. The highest BCUT2D eigenvalue weighted by molar-refractivity contribution is 9.10. The van der Waals surface area contributed by atoms with E-state index in [9.17, 15) is 5.11 Å². The number of halogens is 1. The molecule has 3 aromatic rings. The molecule has 0 fully saturated rings. The van der Waals surface area contributed by atoms with Crippen LogP contribution in [0.25, 0.3) is 16.7 Å². The summed E-state index contributed by atoms with van der Waals surface area (Å²) in [6.07, 6.45) is 0.141. The van der Waals surface area contributed by atoms with E-state index in [1.54, 1.807) is 18.5 Å². The molecule has 96 valence electrons. The fourth-order valence-electron chi connectivity index (χ4n) is 2.07. The molecule has 0 spiro atoms. The number of hydrogen-bond acceptors (Lipinski definition) is 2. The Kier molecular flexibility index (Phi) is 2.83. The summed E-state index contributed by atoms with van der Waals surface area (Å²) < 4.78 is 10.6. The molecule has 0 aliphatic rings. The smallest absolute Gasteiger partial charge is 0.100 e. The van der Waals surface area contributed by atoms with Crippen molar-refractivity contribution in [3.63, 3.8) is 0 Å². The zero-order valence-corrected chi connectivity index (χ0v) is 11.9. The SMILES string of the molecule is [2H][C@](C)(O)c1ccc2c(c1)ncn2-c1cccc(Br)c1. The quantitative estimate of drug-likeness (QED) is 0.779. The monoisotopic (exact) mass is 317 g/mol. The first-order valence-corrected chi connectivity index (χ1v) is 6.70. The fourth-order valence-corrected chi connectivity index (χ4v) is 2.46. The summed E-state index contributed by atoms with van der Waals surface area (Å²) in [5.74, 6) is 0. The Morgan fingerprint density at radius 1 is 1.32 bits per heavy atom. The Labute approximate surface area is 121 Å². The predicted octanol–water partition coefficient (Wildman–Crippen LogP) is 3.84. The number of nitrogens with zero attached hydrogens (tertiary/aromatic N) is 2. The number of benzene rings is 2. The molecule has 19 heavy (non-hydrogen) atoms. The maximum Gasteiger partial charge on any atom is 0.100 e. The van der Waals surface area contributed by atoms with Crippen LogP contribution >= 0.6 is 15.9 Å². The van der Waals surface area contributed by atoms with Crippen molar-refractivity contribution in [2.24, 2.45) is 0 Å². The van der Waals surface area contributed by atoms with Gasteiger partial charge >= 0.3 is 0 Å². The lowest BCUT2D eigenvalue weighted by molar-refractivity contribution is 0.199. The second-order valence-corrected chi connectivity index (χ2v) is 5.30. The molecule has 1 atom stereocenters. The lowest BCUT2D eigenvalue weighted by atomic mass is 10.1. The summed E-state index contributed by atoms with van der Waals surface area (Å²) in [6, 6.07) is 13.3. The van der Waals surface area contributed by atoms with E-state index in [4.69, 9.17) is 1.37 Å². The van der Waals surface area contributed by atoms with E-state index in [0.29, 0.717) is 5.56 Å². The Morgan fingerprint density at radius 3 is 2.89 bits per heavy atom. The van der Waals surface area contributed by atoms with Crippen molar-refractivity contribution in [1.82, 2.24) is 9.55 Å². The molecule has 0 aliphatic carbocycles. The van der Waals surface area contributed by atoms with E-state index < -0.39 is 6.08 Å². The standard InChI is InChI=1S/C15H13BrN2O/c1-10(19)11-5-6-15-14(7-11)17-9-18(15)13-4-2-3-12(16)8-13/h2-10,19H,1H3/t10-/m1/s1/i10D. The van der Waals surface area contributed by atoms with Crippen molar-refractivity contribution in [1.29, 1.82) is 0 Å². The highest BCUT2D eigenvalue weighted by atomic mass is 79.9. The van der Waals surface area contributed by atoms with E-state index in [1.807, 2.05) is 34.9 Å². The van der Waals surface area contributed by atoms with Crippen LogP contribution in [0.3, 0.4) is 0 Å². The van der Waals surface area contributed by atoms with Gasteiger partial charge in [0.05, 0.1) is 18.5 Å². The van der Waals surface area contributed by atoms with Crippen LogP contribution in [-0.2, 0) is 0 Å². The molecule has 3 rings (SSSR count). The van der Waals surface area contributed by atoms with Crippen LogP contribution in [0.4, 0.5) is 0 Å². The van der Waals surface area contributed by atoms with E-state index in [2.05, 4.69) is 20.9 Å². The van der Waals surface area contributed by atoms with Gasteiger partial charge in [-0.3, -0.25) is 4.57 Å². The van der Waals surface area contributed by atoms with E-state index in [-0.39, 0.29) is 0 Å². The lowest BCUT2D eigenvalue weighted by Gasteiger charge is -2.07. The summed E-state index contributed by atoms with van der Waals surface area (Å²) >= 11 is 3.46.